The monoisotopic (exact) mass is 323 g/mol. The van der Waals surface area contributed by atoms with Gasteiger partial charge in [-0.3, -0.25) is 0 Å². The molecule has 0 atom stereocenters. The van der Waals surface area contributed by atoms with Crippen LogP contribution in [-0.4, -0.2) is 19.3 Å². The van der Waals surface area contributed by atoms with E-state index in [9.17, 15) is 4.79 Å². The average Bonchev–Trinajstić information content (AvgIpc) is 2.89. The summed E-state index contributed by atoms with van der Waals surface area (Å²) in [4.78, 5) is 14.9. The maximum atomic E-state index is 10.8. The Hall–Kier alpha value is -1.32. The second-order valence-corrected chi connectivity index (χ2v) is 5.75. The second kappa shape index (κ2) is 4.99. The van der Waals surface area contributed by atoms with E-state index in [0.717, 1.165) is 47.2 Å². The van der Waals surface area contributed by atoms with Gasteiger partial charge in [0.15, 0.2) is 11.5 Å². The van der Waals surface area contributed by atoms with Gasteiger partial charge in [0.1, 0.15) is 18.8 Å². The van der Waals surface area contributed by atoms with Crippen LogP contribution < -0.4 is 9.47 Å². The lowest BCUT2D eigenvalue weighted by molar-refractivity contribution is 0.165. The van der Waals surface area contributed by atoms with E-state index in [1.165, 1.54) is 0 Å². The number of isocyanates is 1. The molecule has 0 saturated heterocycles. The Labute approximate surface area is 119 Å². The lowest BCUT2D eigenvalue weighted by Gasteiger charge is -2.29. The Bertz CT molecular complexity index is 546. The molecule has 1 aliphatic heterocycles. The number of halogens is 1. The molecule has 0 bridgehead atoms. The van der Waals surface area contributed by atoms with Gasteiger partial charge in [-0.15, -0.1) is 0 Å². The molecule has 5 heteroatoms. The van der Waals surface area contributed by atoms with E-state index in [2.05, 4.69) is 20.9 Å². The van der Waals surface area contributed by atoms with Crippen molar-refractivity contribution in [1.82, 2.24) is 0 Å². The summed E-state index contributed by atoms with van der Waals surface area (Å²) >= 11 is 3.47. The SMILES string of the molecule is O=C=NC1(c2ccc(Br)c3c2OCCO3)CCCC1. The van der Waals surface area contributed by atoms with Crippen molar-refractivity contribution in [2.75, 3.05) is 13.2 Å². The van der Waals surface area contributed by atoms with Gasteiger partial charge in [-0.2, -0.15) is 4.99 Å². The van der Waals surface area contributed by atoms with Crippen LogP contribution in [0.4, 0.5) is 0 Å². The fourth-order valence-electron chi connectivity index (χ4n) is 2.96. The third kappa shape index (κ3) is 2.07. The van der Waals surface area contributed by atoms with E-state index >= 15 is 0 Å². The molecule has 19 heavy (non-hydrogen) atoms. The average molecular weight is 324 g/mol. The fourth-order valence-corrected chi connectivity index (χ4v) is 3.39. The summed E-state index contributed by atoms with van der Waals surface area (Å²) in [6.07, 6.45) is 5.59. The molecule has 0 amide bonds. The molecule has 1 aromatic rings. The number of ether oxygens (including phenoxy) is 2. The minimum atomic E-state index is -0.479. The van der Waals surface area contributed by atoms with Crippen LogP contribution in [0.15, 0.2) is 21.6 Å². The van der Waals surface area contributed by atoms with Crippen LogP contribution >= 0.6 is 15.9 Å². The highest BCUT2D eigenvalue weighted by atomic mass is 79.9. The van der Waals surface area contributed by atoms with E-state index in [1.54, 1.807) is 6.08 Å². The Morgan fingerprint density at radius 2 is 1.84 bits per heavy atom. The van der Waals surface area contributed by atoms with Crippen LogP contribution in [0.5, 0.6) is 11.5 Å². The molecule has 0 spiro atoms. The van der Waals surface area contributed by atoms with Crippen molar-refractivity contribution >= 4 is 22.0 Å². The molecular formula is C14H14BrNO3. The topological polar surface area (TPSA) is 47.9 Å². The molecule has 0 N–H and O–H groups in total. The molecule has 1 fully saturated rings. The standard InChI is InChI=1S/C14H14BrNO3/c15-11-4-3-10(12-13(11)19-8-7-18-12)14(16-9-17)5-1-2-6-14/h3-4H,1-2,5-8H2. The normalized spacial score (nSPS) is 19.8. The molecule has 0 radical (unpaired) electrons. The predicted octanol–water partition coefficient (Wildman–Crippen LogP) is 3.33. The maximum Gasteiger partial charge on any atom is 0.235 e. The molecule has 3 rings (SSSR count). The van der Waals surface area contributed by atoms with Crippen molar-refractivity contribution in [3.63, 3.8) is 0 Å². The first-order valence-corrected chi connectivity index (χ1v) is 7.24. The number of aliphatic imine (C=N–C) groups is 1. The van der Waals surface area contributed by atoms with E-state index in [4.69, 9.17) is 9.47 Å². The summed E-state index contributed by atoms with van der Waals surface area (Å²) in [6.45, 7) is 1.07. The molecule has 0 aromatic heterocycles. The molecule has 0 unspecified atom stereocenters. The summed E-state index contributed by atoms with van der Waals surface area (Å²) in [5.74, 6) is 1.44. The zero-order chi connectivity index (χ0) is 13.3. The first-order valence-electron chi connectivity index (χ1n) is 6.44. The summed E-state index contributed by atoms with van der Waals surface area (Å²) < 4.78 is 12.3. The summed E-state index contributed by atoms with van der Waals surface area (Å²) in [5, 5.41) is 0. The van der Waals surface area contributed by atoms with Crippen LogP contribution in [0.2, 0.25) is 0 Å². The smallest absolute Gasteiger partial charge is 0.235 e. The molecule has 1 aliphatic carbocycles. The van der Waals surface area contributed by atoms with Crippen molar-refractivity contribution in [1.29, 1.82) is 0 Å². The van der Waals surface area contributed by atoms with Gasteiger partial charge in [0.05, 0.1) is 4.47 Å². The number of rotatable bonds is 2. The second-order valence-electron chi connectivity index (χ2n) is 4.89. The first kappa shape index (κ1) is 12.7. The number of benzene rings is 1. The number of hydrogen-bond acceptors (Lipinski definition) is 4. The van der Waals surface area contributed by atoms with Gasteiger partial charge in [-0.1, -0.05) is 18.9 Å². The van der Waals surface area contributed by atoms with Crippen molar-refractivity contribution in [2.24, 2.45) is 4.99 Å². The van der Waals surface area contributed by atoms with Crippen LogP contribution in [0, 0.1) is 0 Å². The molecule has 1 heterocycles. The highest BCUT2D eigenvalue weighted by Crippen LogP contribution is 2.50. The number of hydrogen-bond donors (Lipinski definition) is 0. The predicted molar refractivity (Wildman–Crippen MR) is 73.4 cm³/mol. The Morgan fingerprint density at radius 3 is 2.53 bits per heavy atom. The molecule has 4 nitrogen and oxygen atoms in total. The van der Waals surface area contributed by atoms with Gasteiger partial charge in [0.2, 0.25) is 6.08 Å². The Kier molecular flexibility index (Phi) is 3.33. The van der Waals surface area contributed by atoms with Gasteiger partial charge in [0.25, 0.3) is 0 Å². The number of fused-ring (bicyclic) bond motifs is 1. The van der Waals surface area contributed by atoms with E-state index in [0.29, 0.717) is 13.2 Å². The summed E-state index contributed by atoms with van der Waals surface area (Å²) in [5.41, 5.74) is 0.471. The lowest BCUT2D eigenvalue weighted by atomic mass is 9.88. The zero-order valence-corrected chi connectivity index (χ0v) is 12.0. The van der Waals surface area contributed by atoms with Crippen LogP contribution in [-0.2, 0) is 10.3 Å². The molecule has 1 saturated carbocycles. The first-order chi connectivity index (χ1) is 9.27. The Morgan fingerprint density at radius 1 is 1.16 bits per heavy atom. The highest BCUT2D eigenvalue weighted by molar-refractivity contribution is 9.10. The molecule has 1 aromatic carbocycles. The molecule has 2 aliphatic rings. The third-order valence-electron chi connectivity index (χ3n) is 3.83. The fraction of sp³-hybridized carbons (Fsp3) is 0.500. The Balaban J connectivity index is 2.16. The molecular weight excluding hydrogens is 310 g/mol. The van der Waals surface area contributed by atoms with Crippen LogP contribution in [0.3, 0.4) is 0 Å². The minimum absolute atomic E-state index is 0.479. The van der Waals surface area contributed by atoms with Crippen molar-refractivity contribution < 1.29 is 14.3 Å². The minimum Gasteiger partial charge on any atom is -0.486 e. The van der Waals surface area contributed by atoms with Gasteiger partial charge < -0.3 is 9.47 Å². The zero-order valence-electron chi connectivity index (χ0n) is 10.4. The van der Waals surface area contributed by atoms with Crippen molar-refractivity contribution in [3.05, 3.63) is 22.2 Å². The highest BCUT2D eigenvalue weighted by Gasteiger charge is 2.40. The van der Waals surface area contributed by atoms with Gasteiger partial charge in [-0.25, -0.2) is 4.79 Å². The van der Waals surface area contributed by atoms with Crippen LogP contribution in [0.1, 0.15) is 31.2 Å². The largest absolute Gasteiger partial charge is 0.486 e. The van der Waals surface area contributed by atoms with Crippen molar-refractivity contribution in [3.8, 4) is 11.5 Å². The van der Waals surface area contributed by atoms with E-state index in [1.807, 2.05) is 12.1 Å². The van der Waals surface area contributed by atoms with E-state index < -0.39 is 5.54 Å². The van der Waals surface area contributed by atoms with Gasteiger partial charge >= 0.3 is 0 Å². The lowest BCUT2D eigenvalue weighted by Crippen LogP contribution is -2.24. The molecule has 100 valence electrons. The van der Waals surface area contributed by atoms with E-state index in [-0.39, 0.29) is 0 Å². The number of carbonyl (C=O) groups excluding carboxylic acids is 1. The quantitative estimate of drug-likeness (QED) is 0.619. The van der Waals surface area contributed by atoms with Gasteiger partial charge in [-0.05, 0) is 34.8 Å². The summed E-state index contributed by atoms with van der Waals surface area (Å²) in [7, 11) is 0. The summed E-state index contributed by atoms with van der Waals surface area (Å²) in [6, 6.07) is 3.91. The maximum absolute atomic E-state index is 10.8. The van der Waals surface area contributed by atoms with Gasteiger partial charge in [0, 0.05) is 5.56 Å². The van der Waals surface area contributed by atoms with Crippen molar-refractivity contribution in [2.45, 2.75) is 31.2 Å². The number of nitrogens with zero attached hydrogens (tertiary/aromatic N) is 1. The third-order valence-corrected chi connectivity index (χ3v) is 4.46. The van der Waals surface area contributed by atoms with Crippen LogP contribution in [0.25, 0.3) is 0 Å².